The van der Waals surface area contributed by atoms with Crippen LogP contribution < -0.4 is 5.32 Å². The summed E-state index contributed by atoms with van der Waals surface area (Å²) < 4.78 is 4.60. The zero-order valence-corrected chi connectivity index (χ0v) is 13.5. The molecule has 0 unspecified atom stereocenters. The van der Waals surface area contributed by atoms with Crippen LogP contribution in [0, 0.1) is 5.92 Å². The Labute approximate surface area is 126 Å². The number of benzene rings is 1. The highest BCUT2D eigenvalue weighted by Gasteiger charge is 2.21. The van der Waals surface area contributed by atoms with Crippen LogP contribution in [0.4, 0.5) is 0 Å². The molecule has 21 heavy (non-hydrogen) atoms. The molecule has 2 atom stereocenters. The number of amides is 1. The Hall–Kier alpha value is -1.84. The van der Waals surface area contributed by atoms with E-state index in [1.807, 2.05) is 19.1 Å². The summed E-state index contributed by atoms with van der Waals surface area (Å²) in [5.74, 6) is -0.310. The number of esters is 1. The van der Waals surface area contributed by atoms with Crippen molar-refractivity contribution >= 4 is 11.9 Å². The van der Waals surface area contributed by atoms with Crippen molar-refractivity contribution < 1.29 is 14.3 Å². The van der Waals surface area contributed by atoms with E-state index in [9.17, 15) is 9.59 Å². The van der Waals surface area contributed by atoms with Crippen LogP contribution in [0.2, 0.25) is 0 Å². The normalized spacial score (nSPS) is 13.6. The number of hydrogen-bond donors (Lipinski definition) is 1. The van der Waals surface area contributed by atoms with Gasteiger partial charge in [0.1, 0.15) is 6.04 Å². The second-order valence-electron chi connectivity index (χ2n) is 5.81. The van der Waals surface area contributed by atoms with Crippen LogP contribution in [0.3, 0.4) is 0 Å². The lowest BCUT2D eigenvalue weighted by molar-refractivity contribution is -0.144. The van der Waals surface area contributed by atoms with Crippen LogP contribution in [0.15, 0.2) is 24.3 Å². The highest BCUT2D eigenvalue weighted by Crippen LogP contribution is 2.18. The van der Waals surface area contributed by atoms with Gasteiger partial charge in [0.2, 0.25) is 5.91 Å². The average Bonchev–Trinajstić information content (AvgIpc) is 2.45. The Bertz CT molecular complexity index is 479. The highest BCUT2D eigenvalue weighted by molar-refractivity contribution is 5.88. The number of carbonyl (C=O) groups is 2. The molecule has 4 nitrogen and oxygen atoms in total. The van der Waals surface area contributed by atoms with Crippen molar-refractivity contribution in [3.8, 4) is 0 Å². The van der Waals surface area contributed by atoms with E-state index in [1.165, 1.54) is 12.7 Å². The summed E-state index contributed by atoms with van der Waals surface area (Å²) in [6.07, 6.45) is 1.03. The molecule has 0 saturated heterocycles. The summed E-state index contributed by atoms with van der Waals surface area (Å²) in [6.45, 7) is 7.80. The Kier molecular flexibility index (Phi) is 6.40. The quantitative estimate of drug-likeness (QED) is 0.820. The van der Waals surface area contributed by atoms with Gasteiger partial charge in [-0.25, -0.2) is 4.79 Å². The summed E-state index contributed by atoms with van der Waals surface area (Å²) in [6, 6.07) is 7.44. The van der Waals surface area contributed by atoms with Gasteiger partial charge in [-0.1, -0.05) is 38.1 Å². The second-order valence-corrected chi connectivity index (χ2v) is 5.81. The maximum atomic E-state index is 12.1. The monoisotopic (exact) mass is 291 g/mol. The van der Waals surface area contributed by atoms with Crippen LogP contribution >= 0.6 is 0 Å². The minimum absolute atomic E-state index is 0.176. The third kappa shape index (κ3) is 5.21. The maximum absolute atomic E-state index is 12.1. The topological polar surface area (TPSA) is 55.4 Å². The molecule has 0 spiro atoms. The smallest absolute Gasteiger partial charge is 0.328 e. The van der Waals surface area contributed by atoms with Gasteiger partial charge >= 0.3 is 5.97 Å². The molecular weight excluding hydrogens is 266 g/mol. The van der Waals surface area contributed by atoms with E-state index in [1.54, 1.807) is 6.92 Å². The third-order valence-corrected chi connectivity index (χ3v) is 3.43. The van der Waals surface area contributed by atoms with Crippen molar-refractivity contribution in [1.29, 1.82) is 0 Å². The van der Waals surface area contributed by atoms with Crippen LogP contribution in [-0.4, -0.2) is 25.0 Å². The zero-order chi connectivity index (χ0) is 16.0. The molecule has 0 radical (unpaired) electrons. The molecule has 0 heterocycles. The van der Waals surface area contributed by atoms with Gasteiger partial charge in [-0.3, -0.25) is 4.79 Å². The van der Waals surface area contributed by atoms with Gasteiger partial charge in [0, 0.05) is 0 Å². The Morgan fingerprint density at radius 2 is 1.67 bits per heavy atom. The zero-order valence-electron chi connectivity index (χ0n) is 13.5. The molecule has 116 valence electrons. The van der Waals surface area contributed by atoms with Crippen molar-refractivity contribution in [2.24, 2.45) is 5.92 Å². The third-order valence-electron chi connectivity index (χ3n) is 3.43. The standard InChI is InChI=1S/C17H25NO3/c1-11(2)10-14-6-8-15(9-7-14)12(3)16(19)18-13(4)17(20)21-5/h6-9,11-13H,10H2,1-5H3,(H,18,19)/t12-,13-/m1/s1. The summed E-state index contributed by atoms with van der Waals surface area (Å²) in [7, 11) is 1.31. The van der Waals surface area contributed by atoms with E-state index in [0.29, 0.717) is 5.92 Å². The van der Waals surface area contributed by atoms with Gasteiger partial charge < -0.3 is 10.1 Å². The fourth-order valence-electron chi connectivity index (χ4n) is 2.14. The second kappa shape index (κ2) is 7.81. The highest BCUT2D eigenvalue weighted by atomic mass is 16.5. The van der Waals surface area contributed by atoms with E-state index in [-0.39, 0.29) is 11.8 Å². The molecule has 0 aliphatic rings. The molecule has 4 heteroatoms. The SMILES string of the molecule is COC(=O)[C@@H](C)NC(=O)[C@H](C)c1ccc(CC(C)C)cc1. The first-order valence-electron chi connectivity index (χ1n) is 7.32. The molecule has 0 saturated carbocycles. The van der Waals surface area contributed by atoms with E-state index in [0.717, 1.165) is 12.0 Å². The van der Waals surface area contributed by atoms with Crippen LogP contribution in [0.25, 0.3) is 0 Å². The molecule has 1 amide bonds. The number of hydrogen-bond acceptors (Lipinski definition) is 3. The molecule has 1 aromatic rings. The van der Waals surface area contributed by atoms with Crippen LogP contribution in [0.1, 0.15) is 44.7 Å². The van der Waals surface area contributed by atoms with Gasteiger partial charge in [0.05, 0.1) is 13.0 Å². The number of nitrogens with one attached hydrogen (secondary N) is 1. The van der Waals surface area contributed by atoms with Crippen molar-refractivity contribution in [3.05, 3.63) is 35.4 Å². The molecule has 0 bridgehead atoms. The maximum Gasteiger partial charge on any atom is 0.328 e. The molecule has 0 fully saturated rings. The van der Waals surface area contributed by atoms with Crippen molar-refractivity contribution in [2.45, 2.75) is 46.1 Å². The number of methoxy groups -OCH3 is 1. The average molecular weight is 291 g/mol. The Morgan fingerprint density at radius 1 is 1.10 bits per heavy atom. The summed E-state index contributed by atoms with van der Waals surface area (Å²) in [5, 5.41) is 2.66. The number of carbonyl (C=O) groups excluding carboxylic acids is 2. The van der Waals surface area contributed by atoms with Gasteiger partial charge in [-0.2, -0.15) is 0 Å². The fourth-order valence-corrected chi connectivity index (χ4v) is 2.14. The molecule has 0 aromatic heterocycles. The first-order chi connectivity index (χ1) is 9.85. The molecule has 0 aliphatic heterocycles. The molecule has 0 aliphatic carbocycles. The first-order valence-corrected chi connectivity index (χ1v) is 7.32. The van der Waals surface area contributed by atoms with Gasteiger partial charge in [0.15, 0.2) is 0 Å². The molecule has 1 rings (SSSR count). The van der Waals surface area contributed by atoms with E-state index >= 15 is 0 Å². The largest absolute Gasteiger partial charge is 0.467 e. The van der Waals surface area contributed by atoms with Crippen LogP contribution in [0.5, 0.6) is 0 Å². The van der Waals surface area contributed by atoms with Gasteiger partial charge in [0.25, 0.3) is 0 Å². The van der Waals surface area contributed by atoms with Crippen molar-refractivity contribution in [3.63, 3.8) is 0 Å². The van der Waals surface area contributed by atoms with Crippen molar-refractivity contribution in [1.82, 2.24) is 5.32 Å². The molecular formula is C17H25NO3. The lowest BCUT2D eigenvalue weighted by atomic mass is 9.96. The van der Waals surface area contributed by atoms with E-state index in [4.69, 9.17) is 0 Å². The van der Waals surface area contributed by atoms with Crippen molar-refractivity contribution in [2.75, 3.05) is 7.11 Å². The summed E-state index contributed by atoms with van der Waals surface area (Å²) >= 11 is 0. The predicted octanol–water partition coefficient (Wildman–Crippen LogP) is 2.67. The van der Waals surface area contributed by atoms with Gasteiger partial charge in [-0.15, -0.1) is 0 Å². The molecule has 1 N–H and O–H groups in total. The number of ether oxygens (including phenoxy) is 1. The predicted molar refractivity (Wildman–Crippen MR) is 83.0 cm³/mol. The minimum Gasteiger partial charge on any atom is -0.467 e. The summed E-state index contributed by atoms with van der Waals surface area (Å²) in [4.78, 5) is 23.4. The molecule has 1 aromatic carbocycles. The van der Waals surface area contributed by atoms with Gasteiger partial charge in [-0.05, 0) is 37.3 Å². The lowest BCUT2D eigenvalue weighted by Gasteiger charge is -2.16. The fraction of sp³-hybridized carbons (Fsp3) is 0.529. The van der Waals surface area contributed by atoms with E-state index < -0.39 is 12.0 Å². The Balaban J connectivity index is 2.67. The van der Waals surface area contributed by atoms with E-state index in [2.05, 4.69) is 36.0 Å². The van der Waals surface area contributed by atoms with Crippen LogP contribution in [-0.2, 0) is 20.7 Å². The Morgan fingerprint density at radius 3 is 2.14 bits per heavy atom. The summed E-state index contributed by atoms with van der Waals surface area (Å²) in [5.41, 5.74) is 2.21. The number of rotatable bonds is 6. The first kappa shape index (κ1) is 17.2. The lowest BCUT2D eigenvalue weighted by Crippen LogP contribution is -2.41. The minimum atomic E-state index is -0.634.